The second-order valence-corrected chi connectivity index (χ2v) is 6.05. The van der Waals surface area contributed by atoms with E-state index in [2.05, 4.69) is 5.10 Å². The monoisotopic (exact) mass is 365 g/mol. The number of methoxy groups -OCH3 is 1. The number of rotatable bonds is 6. The van der Waals surface area contributed by atoms with Crippen molar-refractivity contribution in [1.82, 2.24) is 14.7 Å². The zero-order chi connectivity index (χ0) is 19.2. The van der Waals surface area contributed by atoms with Crippen LogP contribution in [0.4, 0.5) is 4.39 Å². The van der Waals surface area contributed by atoms with Crippen LogP contribution in [0.2, 0.25) is 0 Å². The van der Waals surface area contributed by atoms with E-state index in [4.69, 9.17) is 4.74 Å². The first-order chi connectivity index (χ1) is 13.1. The molecule has 0 atom stereocenters. The third-order valence-electron chi connectivity index (χ3n) is 4.05. The van der Waals surface area contributed by atoms with Gasteiger partial charge in [-0.15, -0.1) is 0 Å². The lowest BCUT2D eigenvalue weighted by Crippen LogP contribution is -2.23. The molecular weight excluding hydrogens is 345 g/mol. The van der Waals surface area contributed by atoms with Crippen molar-refractivity contribution < 1.29 is 13.9 Å². The summed E-state index contributed by atoms with van der Waals surface area (Å²) in [5.74, 6) is -0.474. The van der Waals surface area contributed by atoms with Gasteiger partial charge in [0, 0.05) is 31.4 Å². The Balaban J connectivity index is 1.62. The maximum Gasteiger partial charge on any atom is 0.246 e. The second-order valence-electron chi connectivity index (χ2n) is 6.05. The minimum absolute atomic E-state index is 0.172. The van der Waals surface area contributed by atoms with Gasteiger partial charge in [-0.3, -0.25) is 4.79 Å². The van der Waals surface area contributed by atoms with Crippen LogP contribution in [0.3, 0.4) is 0 Å². The Hall–Kier alpha value is -3.41. The van der Waals surface area contributed by atoms with Crippen molar-refractivity contribution in [2.45, 2.75) is 6.54 Å². The van der Waals surface area contributed by atoms with Crippen molar-refractivity contribution in [3.63, 3.8) is 0 Å². The Morgan fingerprint density at radius 3 is 2.74 bits per heavy atom. The van der Waals surface area contributed by atoms with Crippen LogP contribution in [0.5, 0.6) is 5.75 Å². The van der Waals surface area contributed by atoms with Crippen LogP contribution >= 0.6 is 0 Å². The Bertz CT molecular complexity index is 951. The minimum Gasteiger partial charge on any atom is -0.494 e. The lowest BCUT2D eigenvalue weighted by molar-refractivity contribution is -0.125. The van der Waals surface area contributed by atoms with Gasteiger partial charge in [0.1, 0.15) is 0 Å². The quantitative estimate of drug-likeness (QED) is 0.626. The van der Waals surface area contributed by atoms with Gasteiger partial charge in [-0.2, -0.15) is 5.10 Å². The van der Waals surface area contributed by atoms with E-state index in [1.807, 2.05) is 36.5 Å². The molecule has 0 unspecified atom stereocenters. The molecule has 0 bridgehead atoms. The molecule has 3 aromatic rings. The third kappa shape index (κ3) is 4.61. The van der Waals surface area contributed by atoms with Crippen molar-refractivity contribution >= 4 is 12.0 Å². The van der Waals surface area contributed by atoms with E-state index in [1.165, 1.54) is 25.3 Å². The van der Waals surface area contributed by atoms with E-state index >= 15 is 0 Å². The standard InChI is InChI=1S/C21H20FN3O2/c1-24(14-17-13-23-25(15-17)18-6-4-3-5-7-18)21(26)11-9-16-8-10-20(27-2)19(22)12-16/h3-13,15H,14H2,1-2H3. The van der Waals surface area contributed by atoms with Crippen molar-refractivity contribution in [1.29, 1.82) is 0 Å². The molecule has 0 radical (unpaired) electrons. The molecule has 1 heterocycles. The van der Waals surface area contributed by atoms with E-state index in [-0.39, 0.29) is 11.7 Å². The highest BCUT2D eigenvalue weighted by Gasteiger charge is 2.09. The van der Waals surface area contributed by atoms with Crippen LogP contribution in [-0.4, -0.2) is 34.7 Å². The zero-order valence-electron chi connectivity index (χ0n) is 15.2. The highest BCUT2D eigenvalue weighted by molar-refractivity contribution is 5.91. The van der Waals surface area contributed by atoms with Gasteiger partial charge in [0.05, 0.1) is 19.0 Å². The minimum atomic E-state index is -0.464. The summed E-state index contributed by atoms with van der Waals surface area (Å²) >= 11 is 0. The molecule has 5 nitrogen and oxygen atoms in total. The Morgan fingerprint density at radius 1 is 1.26 bits per heavy atom. The van der Waals surface area contributed by atoms with Gasteiger partial charge in [0.25, 0.3) is 0 Å². The summed E-state index contributed by atoms with van der Waals surface area (Å²) in [4.78, 5) is 13.9. The van der Waals surface area contributed by atoms with Crippen LogP contribution in [0.25, 0.3) is 11.8 Å². The van der Waals surface area contributed by atoms with Gasteiger partial charge in [-0.05, 0) is 35.9 Å². The number of ether oxygens (including phenoxy) is 1. The number of amides is 1. The number of likely N-dealkylation sites (N-methyl/N-ethyl adjacent to an activating group) is 1. The molecule has 0 aliphatic rings. The number of hydrogen-bond acceptors (Lipinski definition) is 3. The Kier molecular flexibility index (Phi) is 5.66. The summed E-state index contributed by atoms with van der Waals surface area (Å²) < 4.78 is 20.3. The normalized spacial score (nSPS) is 10.9. The molecule has 0 spiro atoms. The predicted octanol–water partition coefficient (Wildman–Crippen LogP) is 3.69. The molecule has 6 heteroatoms. The molecule has 2 aromatic carbocycles. The lowest BCUT2D eigenvalue weighted by atomic mass is 10.2. The van der Waals surface area contributed by atoms with E-state index < -0.39 is 5.82 Å². The first kappa shape index (κ1) is 18.4. The van der Waals surface area contributed by atoms with Gasteiger partial charge in [0.2, 0.25) is 5.91 Å². The molecule has 1 aromatic heterocycles. The molecule has 0 fully saturated rings. The molecule has 27 heavy (non-hydrogen) atoms. The van der Waals surface area contributed by atoms with Crippen LogP contribution < -0.4 is 4.74 Å². The molecule has 1 amide bonds. The maximum atomic E-state index is 13.7. The fourth-order valence-electron chi connectivity index (χ4n) is 2.60. The second kappa shape index (κ2) is 8.31. The van der Waals surface area contributed by atoms with E-state index in [0.29, 0.717) is 12.1 Å². The number of para-hydroxylation sites is 1. The summed E-state index contributed by atoms with van der Waals surface area (Å²) in [5.41, 5.74) is 2.46. The molecule has 0 N–H and O–H groups in total. The number of carbonyl (C=O) groups excluding carboxylic acids is 1. The van der Waals surface area contributed by atoms with Gasteiger partial charge in [-0.25, -0.2) is 9.07 Å². The predicted molar refractivity (Wildman–Crippen MR) is 102 cm³/mol. The van der Waals surface area contributed by atoms with E-state index in [1.54, 1.807) is 35.0 Å². The molecule has 0 aliphatic heterocycles. The van der Waals surface area contributed by atoms with Crippen molar-refractivity contribution in [3.8, 4) is 11.4 Å². The number of hydrogen-bond donors (Lipinski definition) is 0. The molecule has 138 valence electrons. The van der Waals surface area contributed by atoms with E-state index in [9.17, 15) is 9.18 Å². The summed E-state index contributed by atoms with van der Waals surface area (Å²) in [7, 11) is 3.12. The Labute approximate surface area is 157 Å². The largest absolute Gasteiger partial charge is 0.494 e. The molecule has 0 saturated carbocycles. The summed E-state index contributed by atoms with van der Waals surface area (Å²) in [5, 5.41) is 4.33. The topological polar surface area (TPSA) is 47.4 Å². The van der Waals surface area contributed by atoms with E-state index in [0.717, 1.165) is 11.3 Å². The van der Waals surface area contributed by atoms with Gasteiger partial charge in [0.15, 0.2) is 11.6 Å². The fourth-order valence-corrected chi connectivity index (χ4v) is 2.60. The van der Waals surface area contributed by atoms with Gasteiger partial charge >= 0.3 is 0 Å². The van der Waals surface area contributed by atoms with Gasteiger partial charge in [-0.1, -0.05) is 24.3 Å². The zero-order valence-corrected chi connectivity index (χ0v) is 15.2. The first-order valence-corrected chi connectivity index (χ1v) is 8.42. The van der Waals surface area contributed by atoms with Crippen molar-refractivity contribution in [3.05, 3.63) is 83.9 Å². The third-order valence-corrected chi connectivity index (χ3v) is 4.05. The molecule has 3 rings (SSSR count). The SMILES string of the molecule is COc1ccc(C=CC(=O)N(C)Cc2cnn(-c3ccccc3)c2)cc1F. The summed E-state index contributed by atoms with van der Waals surface area (Å²) in [6.45, 7) is 0.424. The number of carbonyl (C=O) groups is 1. The first-order valence-electron chi connectivity index (χ1n) is 8.42. The molecule has 0 saturated heterocycles. The summed E-state index contributed by atoms with van der Waals surface area (Å²) in [6.07, 6.45) is 6.62. The summed E-state index contributed by atoms with van der Waals surface area (Å²) in [6, 6.07) is 14.3. The van der Waals surface area contributed by atoms with Crippen LogP contribution in [0.1, 0.15) is 11.1 Å². The molecular formula is C21H20FN3O2. The number of nitrogens with zero attached hydrogens (tertiary/aromatic N) is 3. The highest BCUT2D eigenvalue weighted by atomic mass is 19.1. The maximum absolute atomic E-state index is 13.7. The number of halogens is 1. The fraction of sp³-hybridized carbons (Fsp3) is 0.143. The van der Waals surface area contributed by atoms with Crippen molar-refractivity contribution in [2.75, 3.05) is 14.2 Å². The average molecular weight is 365 g/mol. The smallest absolute Gasteiger partial charge is 0.246 e. The highest BCUT2D eigenvalue weighted by Crippen LogP contribution is 2.18. The van der Waals surface area contributed by atoms with Crippen LogP contribution in [-0.2, 0) is 11.3 Å². The molecule has 0 aliphatic carbocycles. The van der Waals surface area contributed by atoms with Gasteiger partial charge < -0.3 is 9.64 Å². The number of aromatic nitrogens is 2. The Morgan fingerprint density at radius 2 is 2.04 bits per heavy atom. The van der Waals surface area contributed by atoms with Crippen molar-refractivity contribution in [2.24, 2.45) is 0 Å². The van der Waals surface area contributed by atoms with Crippen LogP contribution in [0, 0.1) is 5.82 Å². The lowest BCUT2D eigenvalue weighted by Gasteiger charge is -2.13. The number of benzene rings is 2. The average Bonchev–Trinajstić information content (AvgIpc) is 3.15. The van der Waals surface area contributed by atoms with Crippen LogP contribution in [0.15, 0.2) is 67.0 Å².